The molecule has 0 saturated carbocycles. The lowest BCUT2D eigenvalue weighted by molar-refractivity contribution is -0.135. The van der Waals surface area contributed by atoms with Gasteiger partial charge >= 0.3 is 0 Å². The SMILES string of the molecule is COc1ccc(CN(C)C(=O)[C@H]2CC(=O)N(C)C2)cc1F. The van der Waals surface area contributed by atoms with Gasteiger partial charge in [-0.1, -0.05) is 6.07 Å². The first-order valence-corrected chi connectivity index (χ1v) is 6.73. The summed E-state index contributed by atoms with van der Waals surface area (Å²) in [4.78, 5) is 26.8. The standard InChI is InChI=1S/C15H19FN2O3/c1-17-9-11(7-14(17)19)15(20)18(2)8-10-4-5-13(21-3)12(16)6-10/h4-6,11H,7-9H2,1-3H3/t11-/m0/s1. The van der Waals surface area contributed by atoms with Crippen LogP contribution in [0.3, 0.4) is 0 Å². The smallest absolute Gasteiger partial charge is 0.228 e. The highest BCUT2D eigenvalue weighted by molar-refractivity contribution is 5.89. The van der Waals surface area contributed by atoms with E-state index in [4.69, 9.17) is 4.74 Å². The summed E-state index contributed by atoms with van der Waals surface area (Å²) >= 11 is 0. The van der Waals surface area contributed by atoms with Crippen LogP contribution >= 0.6 is 0 Å². The zero-order valence-electron chi connectivity index (χ0n) is 12.4. The number of carbonyl (C=O) groups excluding carboxylic acids is 2. The monoisotopic (exact) mass is 294 g/mol. The molecule has 5 nitrogen and oxygen atoms in total. The zero-order valence-corrected chi connectivity index (χ0v) is 12.4. The molecule has 0 unspecified atom stereocenters. The molecule has 0 aromatic heterocycles. The zero-order chi connectivity index (χ0) is 15.6. The first kappa shape index (κ1) is 15.3. The Kier molecular flexibility index (Phi) is 4.45. The van der Waals surface area contributed by atoms with Gasteiger partial charge in [-0.05, 0) is 17.7 Å². The van der Waals surface area contributed by atoms with Crippen LogP contribution in [0.5, 0.6) is 5.75 Å². The molecule has 1 atom stereocenters. The molecule has 0 aliphatic carbocycles. The highest BCUT2D eigenvalue weighted by Gasteiger charge is 2.33. The number of likely N-dealkylation sites (tertiary alicyclic amines) is 1. The largest absolute Gasteiger partial charge is 0.494 e. The number of hydrogen-bond acceptors (Lipinski definition) is 3. The van der Waals surface area contributed by atoms with Gasteiger partial charge in [0.25, 0.3) is 0 Å². The summed E-state index contributed by atoms with van der Waals surface area (Å²) in [6, 6.07) is 4.61. The van der Waals surface area contributed by atoms with Crippen LogP contribution in [0.1, 0.15) is 12.0 Å². The van der Waals surface area contributed by atoms with Crippen LogP contribution < -0.4 is 4.74 Å². The summed E-state index contributed by atoms with van der Waals surface area (Å²) < 4.78 is 18.5. The van der Waals surface area contributed by atoms with Crippen molar-refractivity contribution in [1.82, 2.24) is 9.80 Å². The quantitative estimate of drug-likeness (QED) is 0.840. The summed E-state index contributed by atoms with van der Waals surface area (Å²) in [5, 5.41) is 0. The van der Waals surface area contributed by atoms with Gasteiger partial charge in [-0.25, -0.2) is 4.39 Å². The first-order chi connectivity index (χ1) is 9.92. The van der Waals surface area contributed by atoms with E-state index in [0.29, 0.717) is 18.7 Å². The van der Waals surface area contributed by atoms with Crippen molar-refractivity contribution >= 4 is 11.8 Å². The van der Waals surface area contributed by atoms with Crippen LogP contribution in [-0.4, -0.2) is 49.4 Å². The highest BCUT2D eigenvalue weighted by Crippen LogP contribution is 2.21. The molecule has 1 saturated heterocycles. The van der Waals surface area contributed by atoms with Gasteiger partial charge in [0.2, 0.25) is 11.8 Å². The molecule has 2 amide bonds. The highest BCUT2D eigenvalue weighted by atomic mass is 19.1. The van der Waals surface area contributed by atoms with Gasteiger partial charge in [-0.2, -0.15) is 0 Å². The molecule has 114 valence electrons. The molecule has 2 rings (SSSR count). The molecule has 0 radical (unpaired) electrons. The number of ether oxygens (including phenoxy) is 1. The third kappa shape index (κ3) is 3.32. The van der Waals surface area contributed by atoms with Crippen molar-refractivity contribution < 1.29 is 18.7 Å². The number of halogens is 1. The molecule has 21 heavy (non-hydrogen) atoms. The number of methoxy groups -OCH3 is 1. The number of amides is 2. The Bertz CT molecular complexity index is 562. The van der Waals surface area contributed by atoms with Crippen molar-refractivity contribution in [1.29, 1.82) is 0 Å². The minimum absolute atomic E-state index is 0.0164. The predicted octanol–water partition coefficient (Wildman–Crippen LogP) is 1.27. The van der Waals surface area contributed by atoms with Gasteiger partial charge in [0.1, 0.15) is 0 Å². The summed E-state index contributed by atoms with van der Waals surface area (Å²) in [5.74, 6) is -0.695. The molecule has 0 spiro atoms. The number of rotatable bonds is 4. The maximum atomic E-state index is 13.6. The Hall–Kier alpha value is -2.11. The molecule has 1 heterocycles. The Balaban J connectivity index is 2.01. The van der Waals surface area contributed by atoms with Crippen molar-refractivity contribution in [3.63, 3.8) is 0 Å². The number of nitrogens with zero attached hydrogens (tertiary/aromatic N) is 2. The van der Waals surface area contributed by atoms with Crippen LogP contribution in [0, 0.1) is 11.7 Å². The molecule has 1 aromatic rings. The van der Waals surface area contributed by atoms with Gasteiger partial charge in [0.15, 0.2) is 11.6 Å². The van der Waals surface area contributed by atoms with E-state index in [1.54, 1.807) is 25.1 Å². The van der Waals surface area contributed by atoms with Crippen molar-refractivity contribution in [2.75, 3.05) is 27.7 Å². The van der Waals surface area contributed by atoms with E-state index in [0.717, 1.165) is 0 Å². The van der Waals surface area contributed by atoms with Crippen LogP contribution in [0.2, 0.25) is 0 Å². The fourth-order valence-corrected chi connectivity index (χ4v) is 2.50. The molecule has 1 fully saturated rings. The minimum atomic E-state index is -0.452. The first-order valence-electron chi connectivity index (χ1n) is 6.73. The van der Waals surface area contributed by atoms with Crippen molar-refractivity contribution in [2.24, 2.45) is 5.92 Å². The third-order valence-corrected chi connectivity index (χ3v) is 3.70. The average molecular weight is 294 g/mol. The lowest BCUT2D eigenvalue weighted by Gasteiger charge is -2.21. The predicted molar refractivity (Wildman–Crippen MR) is 75.2 cm³/mol. The molecule has 1 aliphatic heterocycles. The van der Waals surface area contributed by atoms with E-state index in [1.807, 2.05) is 0 Å². The van der Waals surface area contributed by atoms with E-state index in [-0.39, 0.29) is 29.9 Å². The van der Waals surface area contributed by atoms with E-state index >= 15 is 0 Å². The molecule has 6 heteroatoms. The molecule has 0 N–H and O–H groups in total. The fourth-order valence-electron chi connectivity index (χ4n) is 2.50. The molecule has 0 bridgehead atoms. The summed E-state index contributed by atoms with van der Waals surface area (Å²) in [5.41, 5.74) is 0.682. The van der Waals surface area contributed by atoms with E-state index in [9.17, 15) is 14.0 Å². The normalized spacial score (nSPS) is 18.0. The molecule has 1 aromatic carbocycles. The van der Waals surface area contributed by atoms with E-state index < -0.39 is 5.82 Å². The maximum absolute atomic E-state index is 13.6. The molecular formula is C15H19FN2O3. The maximum Gasteiger partial charge on any atom is 0.228 e. The lowest BCUT2D eigenvalue weighted by Crippen LogP contribution is -2.33. The number of hydrogen-bond donors (Lipinski definition) is 0. The van der Waals surface area contributed by atoms with Gasteiger partial charge < -0.3 is 14.5 Å². The van der Waals surface area contributed by atoms with Crippen LogP contribution in [0.15, 0.2) is 18.2 Å². The molecule has 1 aliphatic rings. The Morgan fingerprint density at radius 1 is 1.52 bits per heavy atom. The van der Waals surface area contributed by atoms with Crippen LogP contribution in [0.25, 0.3) is 0 Å². The average Bonchev–Trinajstić information content (AvgIpc) is 2.78. The van der Waals surface area contributed by atoms with Gasteiger partial charge in [0.05, 0.1) is 13.0 Å². The van der Waals surface area contributed by atoms with Gasteiger partial charge in [-0.3, -0.25) is 9.59 Å². The second-order valence-corrected chi connectivity index (χ2v) is 5.34. The Labute approximate surface area is 123 Å². The fraction of sp³-hybridized carbons (Fsp3) is 0.467. The second-order valence-electron chi connectivity index (χ2n) is 5.34. The number of benzene rings is 1. The van der Waals surface area contributed by atoms with Crippen molar-refractivity contribution in [3.8, 4) is 5.75 Å². The van der Waals surface area contributed by atoms with Crippen LogP contribution in [0.4, 0.5) is 4.39 Å². The van der Waals surface area contributed by atoms with E-state index in [1.165, 1.54) is 24.1 Å². The Morgan fingerprint density at radius 3 is 2.76 bits per heavy atom. The Morgan fingerprint density at radius 2 is 2.24 bits per heavy atom. The topological polar surface area (TPSA) is 49.9 Å². The third-order valence-electron chi connectivity index (χ3n) is 3.70. The second kappa shape index (κ2) is 6.11. The lowest BCUT2D eigenvalue weighted by atomic mass is 10.1. The summed E-state index contributed by atoms with van der Waals surface area (Å²) in [7, 11) is 4.75. The minimum Gasteiger partial charge on any atom is -0.494 e. The molecular weight excluding hydrogens is 275 g/mol. The number of carbonyl (C=O) groups is 2. The van der Waals surface area contributed by atoms with Gasteiger partial charge in [-0.15, -0.1) is 0 Å². The van der Waals surface area contributed by atoms with E-state index in [2.05, 4.69) is 0 Å². The van der Waals surface area contributed by atoms with Crippen LogP contribution in [-0.2, 0) is 16.1 Å². The summed E-state index contributed by atoms with van der Waals surface area (Å²) in [6.07, 6.45) is 0.247. The van der Waals surface area contributed by atoms with Crippen molar-refractivity contribution in [3.05, 3.63) is 29.6 Å². The van der Waals surface area contributed by atoms with Crippen molar-refractivity contribution in [2.45, 2.75) is 13.0 Å². The summed E-state index contributed by atoms with van der Waals surface area (Å²) in [6.45, 7) is 0.743. The van der Waals surface area contributed by atoms with Gasteiger partial charge in [0, 0.05) is 33.6 Å².